The Kier molecular flexibility index (Phi) is 4.94. The minimum atomic E-state index is -0.204. The molecule has 0 bridgehead atoms. The highest BCUT2D eigenvalue weighted by atomic mass is 127. The first kappa shape index (κ1) is 14.6. The van der Waals surface area contributed by atoms with Crippen LogP contribution in [0.5, 0.6) is 0 Å². The third-order valence-corrected chi connectivity index (χ3v) is 5.31. The Morgan fingerprint density at radius 1 is 1.44 bits per heavy atom. The average molecular weight is 443 g/mol. The normalized spacial score (nSPS) is 17.7. The van der Waals surface area contributed by atoms with E-state index in [9.17, 15) is 4.79 Å². The minimum Gasteiger partial charge on any atom is -0.345 e. The lowest BCUT2D eigenvalue weighted by atomic mass is 9.99. The summed E-state index contributed by atoms with van der Waals surface area (Å²) in [5.74, 6) is 0.465. The Hall–Kier alpha value is 0.190. The molecule has 1 aromatic rings. The predicted octanol–water partition coefficient (Wildman–Crippen LogP) is 4.34. The maximum Gasteiger partial charge on any atom is 0.252 e. The molecule has 0 atom stereocenters. The molecule has 0 unspecified atom stereocenters. The summed E-state index contributed by atoms with van der Waals surface area (Å²) in [4.78, 5) is 12.3. The number of alkyl halides is 1. The number of halogens is 3. The number of carbonyl (C=O) groups is 1. The van der Waals surface area contributed by atoms with E-state index in [2.05, 4.69) is 43.8 Å². The molecule has 18 heavy (non-hydrogen) atoms. The number of benzene rings is 1. The van der Waals surface area contributed by atoms with Crippen molar-refractivity contribution in [2.45, 2.75) is 31.2 Å². The minimum absolute atomic E-state index is 0.0248. The van der Waals surface area contributed by atoms with Gasteiger partial charge >= 0.3 is 0 Å². The van der Waals surface area contributed by atoms with Crippen molar-refractivity contribution in [1.82, 2.24) is 5.32 Å². The monoisotopic (exact) mass is 441 g/mol. The van der Waals surface area contributed by atoms with Gasteiger partial charge in [-0.3, -0.25) is 4.79 Å². The predicted molar refractivity (Wildman–Crippen MR) is 86.2 cm³/mol. The van der Waals surface area contributed by atoms with Gasteiger partial charge in [-0.05, 0) is 53.6 Å². The van der Waals surface area contributed by atoms with Crippen molar-refractivity contribution in [2.75, 3.05) is 5.88 Å². The first-order valence-corrected chi connectivity index (χ1v) is 8.30. The first-order chi connectivity index (χ1) is 8.56. The second-order valence-corrected chi connectivity index (χ2v) is 7.04. The summed E-state index contributed by atoms with van der Waals surface area (Å²) < 4.78 is 1.87. The fourth-order valence-corrected chi connectivity index (χ4v) is 3.60. The molecule has 1 amide bonds. The van der Waals surface area contributed by atoms with E-state index >= 15 is 0 Å². The highest BCUT2D eigenvalue weighted by molar-refractivity contribution is 14.1. The van der Waals surface area contributed by atoms with Crippen LogP contribution in [0.2, 0.25) is 0 Å². The van der Waals surface area contributed by atoms with E-state index in [1.54, 1.807) is 0 Å². The van der Waals surface area contributed by atoms with Crippen LogP contribution in [0, 0.1) is 3.57 Å². The van der Waals surface area contributed by atoms with Gasteiger partial charge in [0, 0.05) is 13.9 Å². The quantitative estimate of drug-likeness (QED) is 0.548. The molecule has 0 radical (unpaired) electrons. The lowest BCUT2D eigenvalue weighted by Gasteiger charge is -2.28. The van der Waals surface area contributed by atoms with Gasteiger partial charge in [0.25, 0.3) is 5.91 Å². The molecule has 0 spiro atoms. The van der Waals surface area contributed by atoms with E-state index in [-0.39, 0.29) is 11.4 Å². The van der Waals surface area contributed by atoms with Crippen LogP contribution in [0.25, 0.3) is 0 Å². The molecule has 0 heterocycles. The molecule has 2 nitrogen and oxygen atoms in total. The number of amides is 1. The molecule has 1 saturated carbocycles. The zero-order valence-electron chi connectivity index (χ0n) is 9.81. The summed E-state index contributed by atoms with van der Waals surface area (Å²) in [5, 5.41) is 3.13. The maximum absolute atomic E-state index is 12.3. The molecule has 2 rings (SSSR count). The highest BCUT2D eigenvalue weighted by Crippen LogP contribution is 2.31. The molecule has 1 N–H and O–H groups in total. The SMILES string of the molecule is O=C(NC1(CCl)CCCC1)c1cc(Br)ccc1I. The summed E-state index contributed by atoms with van der Waals surface area (Å²) >= 11 is 11.6. The number of hydrogen-bond donors (Lipinski definition) is 1. The van der Waals surface area contributed by atoms with Gasteiger partial charge in [-0.1, -0.05) is 28.8 Å². The van der Waals surface area contributed by atoms with E-state index in [0.717, 1.165) is 33.7 Å². The molecule has 1 aliphatic rings. The van der Waals surface area contributed by atoms with Crippen LogP contribution in [-0.4, -0.2) is 17.3 Å². The molecule has 1 aromatic carbocycles. The summed E-state index contributed by atoms with van der Waals surface area (Å²) in [6, 6.07) is 5.72. The van der Waals surface area contributed by atoms with Gasteiger partial charge in [0.15, 0.2) is 0 Å². The lowest BCUT2D eigenvalue weighted by molar-refractivity contribution is 0.0908. The number of rotatable bonds is 3. The van der Waals surface area contributed by atoms with Gasteiger partial charge in [0.05, 0.1) is 11.1 Å². The van der Waals surface area contributed by atoms with Crippen molar-refractivity contribution in [2.24, 2.45) is 0 Å². The lowest BCUT2D eigenvalue weighted by Crippen LogP contribution is -2.48. The Morgan fingerprint density at radius 3 is 2.72 bits per heavy atom. The van der Waals surface area contributed by atoms with Crippen LogP contribution >= 0.6 is 50.1 Å². The van der Waals surface area contributed by atoms with E-state index in [0.29, 0.717) is 11.4 Å². The van der Waals surface area contributed by atoms with Crippen LogP contribution in [0.4, 0.5) is 0 Å². The fourth-order valence-electron chi connectivity index (χ4n) is 2.32. The molecular formula is C13H14BrClINO. The second kappa shape index (κ2) is 6.09. The Balaban J connectivity index is 2.18. The highest BCUT2D eigenvalue weighted by Gasteiger charge is 2.34. The molecule has 1 aliphatic carbocycles. The maximum atomic E-state index is 12.3. The standard InChI is InChI=1S/C13H14BrClINO/c14-9-3-4-11(16)10(7-9)12(18)17-13(8-15)5-1-2-6-13/h3-4,7H,1-2,5-6,8H2,(H,17,18). The van der Waals surface area contributed by atoms with Crippen molar-refractivity contribution >= 4 is 56.0 Å². The summed E-state index contributed by atoms with van der Waals surface area (Å²) in [6.45, 7) is 0. The summed E-state index contributed by atoms with van der Waals surface area (Å²) in [5.41, 5.74) is 0.505. The Bertz CT molecular complexity index is 460. The number of nitrogens with one attached hydrogen (secondary N) is 1. The van der Waals surface area contributed by atoms with Gasteiger partial charge in [0.1, 0.15) is 0 Å². The third-order valence-electron chi connectivity index (χ3n) is 3.37. The van der Waals surface area contributed by atoms with Crippen molar-refractivity contribution in [3.63, 3.8) is 0 Å². The van der Waals surface area contributed by atoms with E-state index in [1.165, 1.54) is 0 Å². The largest absolute Gasteiger partial charge is 0.345 e. The molecule has 1 fully saturated rings. The van der Waals surface area contributed by atoms with Crippen LogP contribution < -0.4 is 5.32 Å². The van der Waals surface area contributed by atoms with Crippen LogP contribution in [-0.2, 0) is 0 Å². The first-order valence-electron chi connectivity index (χ1n) is 5.90. The third kappa shape index (κ3) is 3.20. The van der Waals surface area contributed by atoms with Gasteiger partial charge in [-0.15, -0.1) is 11.6 Å². The summed E-state index contributed by atoms with van der Waals surface area (Å²) in [6.07, 6.45) is 4.24. The molecule has 0 saturated heterocycles. The number of carbonyl (C=O) groups excluding carboxylic acids is 1. The van der Waals surface area contributed by atoms with Gasteiger partial charge in [-0.25, -0.2) is 0 Å². The topological polar surface area (TPSA) is 29.1 Å². The van der Waals surface area contributed by atoms with Gasteiger partial charge in [0.2, 0.25) is 0 Å². The Morgan fingerprint density at radius 2 is 2.11 bits per heavy atom. The molecular weight excluding hydrogens is 428 g/mol. The van der Waals surface area contributed by atoms with Crippen molar-refractivity contribution in [3.8, 4) is 0 Å². The van der Waals surface area contributed by atoms with Crippen molar-refractivity contribution < 1.29 is 4.79 Å². The van der Waals surface area contributed by atoms with Crippen LogP contribution in [0.15, 0.2) is 22.7 Å². The second-order valence-electron chi connectivity index (χ2n) is 4.70. The van der Waals surface area contributed by atoms with Gasteiger partial charge in [-0.2, -0.15) is 0 Å². The summed E-state index contributed by atoms with van der Waals surface area (Å²) in [7, 11) is 0. The average Bonchev–Trinajstić information content (AvgIpc) is 2.81. The van der Waals surface area contributed by atoms with E-state index < -0.39 is 0 Å². The molecule has 5 heteroatoms. The van der Waals surface area contributed by atoms with Crippen molar-refractivity contribution in [1.29, 1.82) is 0 Å². The van der Waals surface area contributed by atoms with Crippen molar-refractivity contribution in [3.05, 3.63) is 31.8 Å². The smallest absolute Gasteiger partial charge is 0.252 e. The zero-order chi connectivity index (χ0) is 13.2. The molecule has 0 aromatic heterocycles. The van der Waals surface area contributed by atoms with E-state index in [4.69, 9.17) is 11.6 Å². The van der Waals surface area contributed by atoms with Crippen LogP contribution in [0.1, 0.15) is 36.0 Å². The number of hydrogen-bond acceptors (Lipinski definition) is 1. The van der Waals surface area contributed by atoms with Crippen LogP contribution in [0.3, 0.4) is 0 Å². The fraction of sp³-hybridized carbons (Fsp3) is 0.462. The molecule has 0 aliphatic heterocycles. The molecule has 98 valence electrons. The zero-order valence-corrected chi connectivity index (χ0v) is 14.3. The Labute approximate surface area is 134 Å². The van der Waals surface area contributed by atoms with Gasteiger partial charge < -0.3 is 5.32 Å². The van der Waals surface area contributed by atoms with E-state index in [1.807, 2.05) is 18.2 Å².